The van der Waals surface area contributed by atoms with Gasteiger partial charge in [-0.1, -0.05) is 31.5 Å². The van der Waals surface area contributed by atoms with Gasteiger partial charge in [-0.05, 0) is 49.2 Å². The van der Waals surface area contributed by atoms with Crippen molar-refractivity contribution in [3.05, 3.63) is 81.7 Å². The van der Waals surface area contributed by atoms with Crippen LogP contribution < -0.4 is 5.56 Å². The molecular weight excluding hydrogens is 389 g/mol. The Labute approximate surface area is 171 Å². The number of rotatable bonds is 6. The van der Waals surface area contributed by atoms with Crippen LogP contribution in [0.5, 0.6) is 5.88 Å². The molecule has 4 rings (SSSR count). The fraction of sp³-hybridized carbons (Fsp3) is 0.182. The molecule has 5 nitrogen and oxygen atoms in total. The fourth-order valence-electron chi connectivity index (χ4n) is 3.20. The molecule has 1 N–H and O–H groups in total. The highest BCUT2D eigenvalue weighted by Crippen LogP contribution is 2.29. The number of aromatic nitrogens is 3. The van der Waals surface area contributed by atoms with E-state index in [4.69, 9.17) is 0 Å². The average molecular weight is 409 g/mol. The van der Waals surface area contributed by atoms with Crippen LogP contribution >= 0.6 is 11.3 Å². The van der Waals surface area contributed by atoms with E-state index in [1.807, 2.05) is 42.6 Å². The number of benzene rings is 2. The third-order valence-corrected chi connectivity index (χ3v) is 5.53. The first-order valence-corrected chi connectivity index (χ1v) is 10.3. The summed E-state index contributed by atoms with van der Waals surface area (Å²) in [7, 11) is 0. The van der Waals surface area contributed by atoms with Crippen LogP contribution in [0.15, 0.2) is 64.8 Å². The molecule has 0 bridgehead atoms. The molecule has 0 radical (unpaired) electrons. The van der Waals surface area contributed by atoms with Crippen molar-refractivity contribution < 1.29 is 9.50 Å². The predicted octanol–water partition coefficient (Wildman–Crippen LogP) is 4.94. The van der Waals surface area contributed by atoms with E-state index in [1.165, 1.54) is 32.8 Å². The molecule has 2 aromatic heterocycles. The number of aromatic hydroxyl groups is 1. The molecule has 0 aliphatic carbocycles. The normalized spacial score (nSPS) is 11.1. The highest BCUT2D eigenvalue weighted by Gasteiger charge is 2.23. The first-order valence-electron chi connectivity index (χ1n) is 9.43. The first-order chi connectivity index (χ1) is 14.1. The summed E-state index contributed by atoms with van der Waals surface area (Å²) in [5, 5.41) is 13.2. The van der Waals surface area contributed by atoms with Crippen molar-refractivity contribution in [3.8, 4) is 28.0 Å². The summed E-state index contributed by atoms with van der Waals surface area (Å²) >= 11 is 1.31. The number of nitrogens with zero attached hydrogens (tertiary/aromatic N) is 3. The Bertz CT molecular complexity index is 1180. The zero-order chi connectivity index (χ0) is 20.4. The zero-order valence-corrected chi connectivity index (χ0v) is 16.7. The van der Waals surface area contributed by atoms with Crippen molar-refractivity contribution in [2.45, 2.75) is 26.2 Å². The van der Waals surface area contributed by atoms with Gasteiger partial charge in [0.25, 0.3) is 5.56 Å². The Morgan fingerprint density at radius 1 is 1.07 bits per heavy atom. The van der Waals surface area contributed by atoms with Crippen LogP contribution in [0, 0.1) is 5.82 Å². The molecule has 148 valence electrons. The largest absolute Gasteiger partial charge is 0.493 e. The van der Waals surface area contributed by atoms with Gasteiger partial charge in [-0.15, -0.1) is 11.3 Å². The molecule has 0 spiro atoms. The van der Waals surface area contributed by atoms with Gasteiger partial charge in [-0.25, -0.2) is 14.1 Å². The van der Waals surface area contributed by atoms with Crippen LogP contribution in [0.3, 0.4) is 0 Å². The second kappa shape index (κ2) is 8.05. The smallest absolute Gasteiger partial charge is 0.278 e. The summed E-state index contributed by atoms with van der Waals surface area (Å²) in [6.45, 7) is 2.04. The van der Waals surface area contributed by atoms with E-state index in [-0.39, 0.29) is 17.3 Å². The lowest BCUT2D eigenvalue weighted by Gasteiger charge is -2.09. The highest BCUT2D eigenvalue weighted by molar-refractivity contribution is 7.12. The molecule has 0 saturated heterocycles. The number of thiazole rings is 1. The molecule has 29 heavy (non-hydrogen) atoms. The Morgan fingerprint density at radius 2 is 1.79 bits per heavy atom. The minimum atomic E-state index is -0.314. The molecule has 7 heteroatoms. The van der Waals surface area contributed by atoms with E-state index in [1.54, 1.807) is 12.1 Å². The predicted molar refractivity (Wildman–Crippen MR) is 113 cm³/mol. The Morgan fingerprint density at radius 3 is 2.48 bits per heavy atom. The topological polar surface area (TPSA) is 60.0 Å². The van der Waals surface area contributed by atoms with Gasteiger partial charge < -0.3 is 5.11 Å². The lowest BCUT2D eigenvalue weighted by Crippen LogP contribution is -2.21. The minimum Gasteiger partial charge on any atom is -0.493 e. The van der Waals surface area contributed by atoms with Gasteiger partial charge in [0.2, 0.25) is 11.0 Å². The van der Waals surface area contributed by atoms with Crippen molar-refractivity contribution in [2.24, 2.45) is 0 Å². The van der Waals surface area contributed by atoms with Crippen molar-refractivity contribution in [2.75, 3.05) is 0 Å². The maximum absolute atomic E-state index is 13.2. The summed E-state index contributed by atoms with van der Waals surface area (Å²) in [4.78, 5) is 17.7. The molecule has 2 heterocycles. The lowest BCUT2D eigenvalue weighted by molar-refractivity contribution is 0.419. The molecule has 0 aliphatic heterocycles. The summed E-state index contributed by atoms with van der Waals surface area (Å²) in [5.41, 5.74) is 2.20. The summed E-state index contributed by atoms with van der Waals surface area (Å²) in [6, 6.07) is 15.2. The molecule has 0 atom stereocenters. The molecule has 0 fully saturated rings. The van der Waals surface area contributed by atoms with Crippen LogP contribution in [-0.4, -0.2) is 19.5 Å². The van der Waals surface area contributed by atoms with Gasteiger partial charge >= 0.3 is 0 Å². The number of halogens is 1. The third kappa shape index (κ3) is 3.61. The molecule has 0 amide bonds. The van der Waals surface area contributed by atoms with Gasteiger partial charge in [-0.3, -0.25) is 4.79 Å². The Balaban J connectivity index is 1.87. The molecule has 2 aromatic carbocycles. The number of hydrogen-bond donors (Lipinski definition) is 1. The Hall–Kier alpha value is -3.19. The van der Waals surface area contributed by atoms with E-state index >= 15 is 0 Å². The van der Waals surface area contributed by atoms with Gasteiger partial charge in [0.15, 0.2) is 0 Å². The van der Waals surface area contributed by atoms with Crippen LogP contribution in [0.1, 0.15) is 25.3 Å². The van der Waals surface area contributed by atoms with Gasteiger partial charge in [0.05, 0.1) is 16.9 Å². The van der Waals surface area contributed by atoms with Gasteiger partial charge in [0, 0.05) is 10.9 Å². The van der Waals surface area contributed by atoms with Crippen molar-refractivity contribution in [1.29, 1.82) is 0 Å². The second-order valence-corrected chi connectivity index (χ2v) is 7.53. The van der Waals surface area contributed by atoms with E-state index in [0.717, 1.165) is 18.4 Å². The van der Waals surface area contributed by atoms with Crippen molar-refractivity contribution in [1.82, 2.24) is 14.3 Å². The van der Waals surface area contributed by atoms with Crippen LogP contribution in [-0.2, 0) is 6.42 Å². The highest BCUT2D eigenvalue weighted by atomic mass is 32.1. The SMILES string of the molecule is CCCCc1c(O)n(-c2nc(-c3ccc(F)cc3)cs2)n(-c2ccccc2)c1=O. The third-order valence-electron chi connectivity index (χ3n) is 4.72. The number of unbranched alkanes of at least 4 members (excludes halogenated alkanes) is 1. The van der Waals surface area contributed by atoms with Crippen molar-refractivity contribution >= 4 is 11.3 Å². The van der Waals surface area contributed by atoms with Gasteiger partial charge in [-0.2, -0.15) is 4.68 Å². The summed E-state index contributed by atoms with van der Waals surface area (Å²) < 4.78 is 16.1. The molecular formula is C22H20FN3O2S. The number of para-hydroxylation sites is 1. The number of hydrogen-bond acceptors (Lipinski definition) is 4. The maximum Gasteiger partial charge on any atom is 0.278 e. The first kappa shape index (κ1) is 19.1. The zero-order valence-electron chi connectivity index (χ0n) is 15.9. The molecule has 0 saturated carbocycles. The van der Waals surface area contributed by atoms with E-state index in [2.05, 4.69) is 4.98 Å². The molecule has 0 unspecified atom stereocenters. The van der Waals surface area contributed by atoms with E-state index in [0.29, 0.717) is 28.5 Å². The minimum absolute atomic E-state index is 0.0905. The summed E-state index contributed by atoms with van der Waals surface area (Å²) in [6.07, 6.45) is 2.22. The lowest BCUT2D eigenvalue weighted by atomic mass is 10.1. The van der Waals surface area contributed by atoms with Gasteiger partial charge in [0.1, 0.15) is 5.82 Å². The second-order valence-electron chi connectivity index (χ2n) is 6.69. The molecule has 0 aliphatic rings. The monoisotopic (exact) mass is 409 g/mol. The molecule has 4 aromatic rings. The van der Waals surface area contributed by atoms with Crippen LogP contribution in [0.2, 0.25) is 0 Å². The quantitative estimate of drug-likeness (QED) is 0.491. The van der Waals surface area contributed by atoms with E-state index < -0.39 is 0 Å². The van der Waals surface area contributed by atoms with Crippen LogP contribution in [0.4, 0.5) is 4.39 Å². The fourth-order valence-corrected chi connectivity index (χ4v) is 4.03. The summed E-state index contributed by atoms with van der Waals surface area (Å²) in [5.74, 6) is -0.405. The Kier molecular flexibility index (Phi) is 5.31. The van der Waals surface area contributed by atoms with Crippen LogP contribution in [0.25, 0.3) is 22.1 Å². The standard InChI is InChI=1S/C22H20FN3O2S/c1-2-3-9-18-20(27)25(17-7-5-4-6-8-17)26(21(18)28)22-24-19(14-29-22)15-10-12-16(23)13-11-15/h4-8,10-14,28H,2-3,9H2,1H3. The average Bonchev–Trinajstić information content (AvgIpc) is 3.31. The van der Waals surface area contributed by atoms with Crippen molar-refractivity contribution in [3.63, 3.8) is 0 Å². The maximum atomic E-state index is 13.2. The van der Waals surface area contributed by atoms with E-state index in [9.17, 15) is 14.3 Å².